The maximum Gasteiger partial charge on any atom is 0.357 e. The first-order chi connectivity index (χ1) is 6.54. The van der Waals surface area contributed by atoms with E-state index < -0.39 is 11.4 Å². The summed E-state index contributed by atoms with van der Waals surface area (Å²) in [5, 5.41) is 0. The molecule has 1 aromatic carbocycles. The average Bonchev–Trinajstić information content (AvgIpc) is 2.10. The van der Waals surface area contributed by atoms with Crippen LogP contribution < -0.4 is 8.92 Å². The molecule has 0 amide bonds. The lowest BCUT2D eigenvalue weighted by molar-refractivity contribution is 0.409. The van der Waals surface area contributed by atoms with Gasteiger partial charge in [0.2, 0.25) is 0 Å². The van der Waals surface area contributed by atoms with Crippen molar-refractivity contribution in [2.45, 2.75) is 0 Å². The van der Waals surface area contributed by atoms with E-state index in [4.69, 9.17) is 9.29 Å². The number of rotatable bonds is 3. The lowest BCUT2D eigenvalue weighted by Crippen LogP contribution is -2.00. The molecule has 1 rings (SSSR count). The van der Waals surface area contributed by atoms with E-state index in [1.807, 2.05) is 22.6 Å². The highest BCUT2D eigenvalue weighted by atomic mass is 127. The summed E-state index contributed by atoms with van der Waals surface area (Å²) in [5.74, 6) is 1.09. The standard InChI is InChI=1S/C7H6I2O4S/c1-12-6-2-5(9)7(3-4(6)8)13-14(10)11/h2-3H,1H3,(H,10,11). The molecule has 0 saturated heterocycles. The SMILES string of the molecule is COc1cc(I)c(OS(=O)O)cc1I. The van der Waals surface area contributed by atoms with Gasteiger partial charge in [-0.25, -0.2) is 0 Å². The van der Waals surface area contributed by atoms with Crippen LogP contribution in [-0.2, 0) is 11.4 Å². The molecule has 0 saturated carbocycles. The minimum absolute atomic E-state index is 0.372. The van der Waals surface area contributed by atoms with Gasteiger partial charge in [0, 0.05) is 6.07 Å². The van der Waals surface area contributed by atoms with E-state index in [1.54, 1.807) is 19.2 Å². The molecular weight excluding hydrogens is 434 g/mol. The molecule has 1 atom stereocenters. The van der Waals surface area contributed by atoms with Gasteiger partial charge in [-0.1, -0.05) is 0 Å². The van der Waals surface area contributed by atoms with E-state index in [1.165, 1.54) is 0 Å². The summed E-state index contributed by atoms with van der Waals surface area (Å²) in [6.45, 7) is 0. The van der Waals surface area contributed by atoms with E-state index in [2.05, 4.69) is 26.8 Å². The molecule has 0 aliphatic heterocycles. The molecule has 0 radical (unpaired) electrons. The van der Waals surface area contributed by atoms with Gasteiger partial charge in [-0.3, -0.25) is 4.55 Å². The van der Waals surface area contributed by atoms with Crippen molar-refractivity contribution in [2.24, 2.45) is 0 Å². The van der Waals surface area contributed by atoms with Crippen molar-refractivity contribution in [3.63, 3.8) is 0 Å². The van der Waals surface area contributed by atoms with E-state index in [0.29, 0.717) is 11.5 Å². The summed E-state index contributed by atoms with van der Waals surface area (Å²) in [6.07, 6.45) is 0. The second-order valence-corrected chi connectivity index (χ2v) is 5.14. The molecule has 0 bridgehead atoms. The third-order valence-corrected chi connectivity index (χ3v) is 3.38. The Kier molecular flexibility index (Phi) is 4.87. The highest BCUT2D eigenvalue weighted by Crippen LogP contribution is 2.31. The van der Waals surface area contributed by atoms with Gasteiger partial charge in [-0.05, 0) is 51.2 Å². The van der Waals surface area contributed by atoms with Crippen LogP contribution in [0.25, 0.3) is 0 Å². The zero-order chi connectivity index (χ0) is 10.7. The summed E-state index contributed by atoms with van der Waals surface area (Å²) in [6, 6.07) is 3.39. The van der Waals surface area contributed by atoms with Crippen LogP contribution in [0.15, 0.2) is 12.1 Å². The second-order valence-electron chi connectivity index (χ2n) is 2.22. The fourth-order valence-electron chi connectivity index (χ4n) is 0.807. The van der Waals surface area contributed by atoms with Crippen LogP contribution in [0.2, 0.25) is 0 Å². The first-order valence-corrected chi connectivity index (χ1v) is 6.55. The van der Waals surface area contributed by atoms with E-state index in [0.717, 1.165) is 7.14 Å². The number of benzene rings is 1. The molecule has 4 nitrogen and oxygen atoms in total. The first kappa shape index (κ1) is 12.5. The lowest BCUT2D eigenvalue weighted by Gasteiger charge is -2.07. The zero-order valence-corrected chi connectivity index (χ0v) is 12.1. The molecule has 0 aliphatic rings. The van der Waals surface area contributed by atoms with Crippen molar-refractivity contribution in [1.82, 2.24) is 0 Å². The van der Waals surface area contributed by atoms with Crippen LogP contribution >= 0.6 is 45.2 Å². The Hall–Kier alpha value is 0.390. The molecular formula is C7H6I2O4S. The van der Waals surface area contributed by atoms with Crippen LogP contribution in [0, 0.1) is 7.14 Å². The maximum atomic E-state index is 10.4. The fraction of sp³-hybridized carbons (Fsp3) is 0.143. The molecule has 78 valence electrons. The molecule has 0 heterocycles. The molecule has 0 aliphatic carbocycles. The van der Waals surface area contributed by atoms with Gasteiger partial charge in [0.1, 0.15) is 5.75 Å². The summed E-state index contributed by atoms with van der Waals surface area (Å²) >= 11 is 1.77. The van der Waals surface area contributed by atoms with E-state index in [-0.39, 0.29) is 0 Å². The van der Waals surface area contributed by atoms with Crippen LogP contribution in [0.3, 0.4) is 0 Å². The van der Waals surface area contributed by atoms with Gasteiger partial charge >= 0.3 is 11.4 Å². The Morgan fingerprint density at radius 2 is 1.79 bits per heavy atom. The van der Waals surface area contributed by atoms with Crippen molar-refractivity contribution in [3.8, 4) is 11.5 Å². The average molecular weight is 440 g/mol. The Morgan fingerprint density at radius 3 is 2.29 bits per heavy atom. The number of ether oxygens (including phenoxy) is 1. The number of halogens is 2. The summed E-state index contributed by atoms with van der Waals surface area (Å²) in [5.41, 5.74) is 0. The number of hydrogen-bond acceptors (Lipinski definition) is 3. The molecule has 1 aromatic rings. The van der Waals surface area contributed by atoms with Crippen molar-refractivity contribution in [1.29, 1.82) is 0 Å². The highest BCUT2D eigenvalue weighted by Gasteiger charge is 2.09. The first-order valence-electron chi connectivity index (χ1n) is 3.37. The fourth-order valence-corrected chi connectivity index (χ4v) is 2.46. The van der Waals surface area contributed by atoms with Crippen LogP contribution in [0.4, 0.5) is 0 Å². The Morgan fingerprint density at radius 1 is 1.29 bits per heavy atom. The van der Waals surface area contributed by atoms with Crippen LogP contribution in [-0.4, -0.2) is 15.9 Å². The van der Waals surface area contributed by atoms with Crippen LogP contribution in [0.5, 0.6) is 11.5 Å². The maximum absolute atomic E-state index is 10.4. The molecule has 0 aromatic heterocycles. The molecule has 1 unspecified atom stereocenters. The van der Waals surface area contributed by atoms with Gasteiger partial charge in [0.25, 0.3) is 0 Å². The lowest BCUT2D eigenvalue weighted by atomic mass is 10.3. The molecule has 1 N–H and O–H groups in total. The normalized spacial score (nSPS) is 12.3. The highest BCUT2D eigenvalue weighted by molar-refractivity contribution is 14.1. The second kappa shape index (κ2) is 5.47. The Labute approximate surface area is 111 Å². The van der Waals surface area contributed by atoms with Crippen molar-refractivity contribution >= 4 is 56.5 Å². The van der Waals surface area contributed by atoms with E-state index >= 15 is 0 Å². The third kappa shape index (κ3) is 3.21. The van der Waals surface area contributed by atoms with Gasteiger partial charge in [0.05, 0.1) is 14.3 Å². The largest absolute Gasteiger partial charge is 0.496 e. The van der Waals surface area contributed by atoms with Gasteiger partial charge in [-0.15, -0.1) is 0 Å². The quantitative estimate of drug-likeness (QED) is 0.580. The van der Waals surface area contributed by atoms with Gasteiger partial charge in [0.15, 0.2) is 5.75 Å². The Balaban J connectivity index is 3.08. The van der Waals surface area contributed by atoms with Crippen molar-refractivity contribution in [3.05, 3.63) is 19.3 Å². The third-order valence-electron chi connectivity index (χ3n) is 1.37. The van der Waals surface area contributed by atoms with Gasteiger partial charge < -0.3 is 8.92 Å². The monoisotopic (exact) mass is 440 g/mol. The van der Waals surface area contributed by atoms with Crippen molar-refractivity contribution < 1.29 is 17.7 Å². The summed E-state index contributed by atoms with van der Waals surface area (Å²) in [4.78, 5) is 0. The Bertz CT molecular complexity index is 369. The molecule has 7 heteroatoms. The molecule has 14 heavy (non-hydrogen) atoms. The predicted molar refractivity (Wildman–Crippen MR) is 69.8 cm³/mol. The number of methoxy groups -OCH3 is 1. The molecule has 0 spiro atoms. The van der Waals surface area contributed by atoms with Gasteiger partial charge in [-0.2, -0.15) is 4.21 Å². The smallest absolute Gasteiger partial charge is 0.357 e. The zero-order valence-electron chi connectivity index (χ0n) is 6.99. The van der Waals surface area contributed by atoms with E-state index in [9.17, 15) is 4.21 Å². The predicted octanol–water partition coefficient (Wildman–Crippen LogP) is 2.42. The minimum Gasteiger partial charge on any atom is -0.496 e. The van der Waals surface area contributed by atoms with Crippen LogP contribution in [0.1, 0.15) is 0 Å². The summed E-state index contributed by atoms with van der Waals surface area (Å²) in [7, 11) is 1.57. The summed E-state index contributed by atoms with van der Waals surface area (Å²) < 4.78 is 30.3. The topological polar surface area (TPSA) is 55.8 Å². The number of hydrogen-bond donors (Lipinski definition) is 1. The van der Waals surface area contributed by atoms with Crippen molar-refractivity contribution in [2.75, 3.05) is 7.11 Å². The molecule has 0 fully saturated rings. The minimum atomic E-state index is -2.29.